The number of nitrogens with zero attached hydrogens (tertiary/aromatic N) is 4. The smallest absolute Gasteiger partial charge is 0.0541 e. The Balaban J connectivity index is 0.000000141. The first-order chi connectivity index (χ1) is 55.5. The minimum Gasteiger partial charge on any atom is -0.309 e. The van der Waals surface area contributed by atoms with Crippen molar-refractivity contribution >= 4 is 87.2 Å². The molecule has 18 aromatic carbocycles. The summed E-state index contributed by atoms with van der Waals surface area (Å²) in [7, 11) is 0. The summed E-state index contributed by atoms with van der Waals surface area (Å²) in [5.74, 6) is 0. The first-order valence-corrected chi connectivity index (χ1v) is 38.5. The first-order valence-electron chi connectivity index (χ1n) is 38.5. The van der Waals surface area contributed by atoms with E-state index in [1.54, 1.807) is 0 Å². The van der Waals surface area contributed by atoms with E-state index in [0.717, 1.165) is 22.7 Å². The monoisotopic (exact) mass is 1420 g/mol. The van der Waals surface area contributed by atoms with Gasteiger partial charge < -0.3 is 18.3 Å². The minimum atomic E-state index is 1.15. The molecular weight excluding hydrogens is 1350 g/mol. The highest BCUT2D eigenvalue weighted by molar-refractivity contribution is 6.15. The number of aromatic nitrogens is 4. The Hall–Kier alpha value is -14.8. The summed E-state index contributed by atoms with van der Waals surface area (Å²) < 4.78 is 9.68. The summed E-state index contributed by atoms with van der Waals surface area (Å²) in [5.41, 5.74) is 33.5. The van der Waals surface area contributed by atoms with Crippen LogP contribution >= 0.6 is 0 Å². The summed E-state index contributed by atoms with van der Waals surface area (Å²) >= 11 is 0. The maximum Gasteiger partial charge on any atom is 0.0541 e. The zero-order chi connectivity index (χ0) is 74.0. The molecule has 4 aromatic heterocycles. The predicted octanol–water partition coefficient (Wildman–Crippen LogP) is 29.1. The van der Waals surface area contributed by atoms with Crippen molar-refractivity contribution in [3.63, 3.8) is 0 Å². The average molecular weight is 1430 g/mol. The van der Waals surface area contributed by atoms with E-state index in [1.165, 1.54) is 176 Å². The van der Waals surface area contributed by atoms with Crippen molar-refractivity contribution in [1.82, 2.24) is 18.3 Å². The number of benzene rings is 18. The summed E-state index contributed by atoms with van der Waals surface area (Å²) in [5, 5.41) is 9.96. The van der Waals surface area contributed by atoms with Crippen LogP contribution in [0.2, 0.25) is 0 Å². The molecule has 0 N–H and O–H groups in total. The van der Waals surface area contributed by atoms with E-state index in [2.05, 4.69) is 455 Å². The highest BCUT2D eigenvalue weighted by Gasteiger charge is 2.22. The Labute approximate surface area is 649 Å². The van der Waals surface area contributed by atoms with Crippen LogP contribution in [0.15, 0.2) is 437 Å². The van der Waals surface area contributed by atoms with Gasteiger partial charge in [-0.3, -0.25) is 0 Å². The second kappa shape index (κ2) is 27.7. The maximum atomic E-state index is 2.44. The third-order valence-electron chi connectivity index (χ3n) is 22.6. The fourth-order valence-corrected chi connectivity index (χ4v) is 17.3. The van der Waals surface area contributed by atoms with Crippen molar-refractivity contribution in [1.29, 1.82) is 0 Å². The number of rotatable bonds is 12. The molecule has 0 fully saturated rings. The largest absolute Gasteiger partial charge is 0.309 e. The Morgan fingerprint density at radius 3 is 0.616 bits per heavy atom. The van der Waals surface area contributed by atoms with Crippen molar-refractivity contribution in [3.05, 3.63) is 437 Å². The molecule has 0 unspecified atom stereocenters. The quantitative estimate of drug-likeness (QED) is 0.116. The van der Waals surface area contributed by atoms with Gasteiger partial charge in [-0.2, -0.15) is 0 Å². The number of hydrogen-bond donors (Lipinski definition) is 0. The van der Waals surface area contributed by atoms with Crippen molar-refractivity contribution < 1.29 is 0 Å². The number of para-hydroxylation sites is 4. The summed E-state index contributed by atoms with van der Waals surface area (Å²) in [6, 6.07) is 159. The van der Waals surface area contributed by atoms with Gasteiger partial charge in [0.15, 0.2) is 0 Å². The van der Waals surface area contributed by atoms with Gasteiger partial charge in [0.05, 0.1) is 44.1 Å². The lowest BCUT2D eigenvalue weighted by Gasteiger charge is -2.14. The van der Waals surface area contributed by atoms with Gasteiger partial charge in [-0.05, 0) is 222 Å². The summed E-state index contributed by atoms with van der Waals surface area (Å²) in [6.45, 7) is 0. The molecule has 524 valence electrons. The third-order valence-corrected chi connectivity index (χ3v) is 22.6. The van der Waals surface area contributed by atoms with Crippen LogP contribution in [-0.2, 0) is 0 Å². The normalized spacial score (nSPS) is 11.6. The molecule has 0 spiro atoms. The molecule has 0 radical (unpaired) electrons. The van der Waals surface area contributed by atoms with E-state index in [1.807, 2.05) is 0 Å². The van der Waals surface area contributed by atoms with Gasteiger partial charge in [0.1, 0.15) is 0 Å². The van der Waals surface area contributed by atoms with Crippen molar-refractivity contribution in [2.45, 2.75) is 0 Å². The van der Waals surface area contributed by atoms with Crippen LogP contribution in [0.5, 0.6) is 0 Å². The fourth-order valence-electron chi connectivity index (χ4n) is 17.3. The molecule has 22 rings (SSSR count). The molecule has 0 aliphatic heterocycles. The highest BCUT2D eigenvalue weighted by Crippen LogP contribution is 2.44. The zero-order valence-corrected chi connectivity index (χ0v) is 61.4. The lowest BCUT2D eigenvalue weighted by atomic mass is 9.98. The van der Waals surface area contributed by atoms with Gasteiger partial charge in [0.25, 0.3) is 0 Å². The van der Waals surface area contributed by atoms with E-state index in [-0.39, 0.29) is 0 Å². The van der Waals surface area contributed by atoms with Crippen molar-refractivity contribution in [3.8, 4) is 112 Å². The van der Waals surface area contributed by atoms with Gasteiger partial charge in [-0.25, -0.2) is 0 Å². The van der Waals surface area contributed by atoms with E-state index >= 15 is 0 Å². The SMILES string of the molecule is c1ccc(-c2ccc(-n3c4ccccc4c4cc(-c5ccc6c(c5)c5ccccc5n6-c5cc(-c6ccccc6)cc(-c6ccccc6)c5)ccc43)cc2)cc1.c1ccc(-c2cccc(-n3c4ccccc4c4cc(-c5ccc6c(c5)c5ccccc5n6-c5cc(-c6ccccc6)cc(-c6ccccc6)c5)ccc43)c2)cc1. The standard InChI is InChI=1S/2C54H36N2/c1-4-15-37(16-5-1)40-21-14-22-45(32-40)55-51-25-12-10-23-47(51)49-35-41(27-29-53(49)55)42-28-30-54-50(36-42)48-24-11-13-26-52(48)56(54)46-33-43(38-17-6-2-7-18-38)31-44(34-46)39-19-8-3-9-20-39;1-4-14-37(15-5-1)40-24-28-45(29-25-40)55-51-22-12-10-20-47(51)49-35-41(26-30-53(49)55)42-27-31-54-50(36-42)48-21-11-13-23-52(48)56(54)46-33-43(38-16-6-2-7-17-38)32-44(34-46)39-18-8-3-9-19-39/h2*1-36H. The van der Waals surface area contributed by atoms with Crippen LogP contribution in [0.25, 0.3) is 199 Å². The van der Waals surface area contributed by atoms with Crippen LogP contribution in [0, 0.1) is 0 Å². The molecule has 0 atom stereocenters. The number of fused-ring (bicyclic) bond motifs is 12. The lowest BCUT2D eigenvalue weighted by molar-refractivity contribution is 1.18. The molecule has 4 heterocycles. The Morgan fingerprint density at radius 1 is 0.0982 bits per heavy atom. The maximum absolute atomic E-state index is 2.44. The van der Waals surface area contributed by atoms with E-state index in [9.17, 15) is 0 Å². The van der Waals surface area contributed by atoms with Gasteiger partial charge in [-0.15, -0.1) is 0 Å². The topological polar surface area (TPSA) is 19.7 Å². The molecule has 0 aliphatic carbocycles. The van der Waals surface area contributed by atoms with Crippen molar-refractivity contribution in [2.24, 2.45) is 0 Å². The molecule has 0 saturated heterocycles. The van der Waals surface area contributed by atoms with Gasteiger partial charge in [0, 0.05) is 65.8 Å². The molecule has 112 heavy (non-hydrogen) atoms. The van der Waals surface area contributed by atoms with Gasteiger partial charge in [-0.1, -0.05) is 303 Å². The van der Waals surface area contributed by atoms with Crippen LogP contribution in [0.3, 0.4) is 0 Å². The predicted molar refractivity (Wildman–Crippen MR) is 474 cm³/mol. The zero-order valence-electron chi connectivity index (χ0n) is 61.4. The minimum absolute atomic E-state index is 1.15. The lowest BCUT2D eigenvalue weighted by Crippen LogP contribution is -1.96. The van der Waals surface area contributed by atoms with Crippen LogP contribution < -0.4 is 0 Å². The molecule has 22 aromatic rings. The highest BCUT2D eigenvalue weighted by atomic mass is 15.0. The second-order valence-electron chi connectivity index (χ2n) is 29.2. The fraction of sp³-hybridized carbons (Fsp3) is 0. The van der Waals surface area contributed by atoms with Crippen LogP contribution in [0.4, 0.5) is 0 Å². The second-order valence-corrected chi connectivity index (χ2v) is 29.2. The number of hydrogen-bond acceptors (Lipinski definition) is 0. The van der Waals surface area contributed by atoms with Crippen LogP contribution in [-0.4, -0.2) is 18.3 Å². The van der Waals surface area contributed by atoms with Crippen LogP contribution in [0.1, 0.15) is 0 Å². The third kappa shape index (κ3) is 11.6. The summed E-state index contributed by atoms with van der Waals surface area (Å²) in [4.78, 5) is 0. The van der Waals surface area contributed by atoms with E-state index in [0.29, 0.717) is 0 Å². The van der Waals surface area contributed by atoms with E-state index < -0.39 is 0 Å². The van der Waals surface area contributed by atoms with Gasteiger partial charge in [0.2, 0.25) is 0 Å². The molecule has 0 aliphatic rings. The van der Waals surface area contributed by atoms with Crippen molar-refractivity contribution in [2.75, 3.05) is 0 Å². The molecule has 4 heteroatoms. The Bertz CT molecular complexity index is 7200. The average Bonchev–Trinajstić information content (AvgIpc) is 1.59. The molecule has 0 bridgehead atoms. The Kier molecular flexibility index (Phi) is 16.2. The van der Waals surface area contributed by atoms with E-state index in [4.69, 9.17) is 0 Å². The summed E-state index contributed by atoms with van der Waals surface area (Å²) in [6.07, 6.45) is 0. The van der Waals surface area contributed by atoms with Gasteiger partial charge >= 0.3 is 0 Å². The Morgan fingerprint density at radius 2 is 0.304 bits per heavy atom. The molecule has 0 saturated carbocycles. The molecule has 4 nitrogen and oxygen atoms in total. The molecule has 0 amide bonds. The molecular formula is C108H72N4. The first kappa shape index (κ1) is 65.5.